The lowest BCUT2D eigenvalue weighted by molar-refractivity contribution is 0.344. The predicted molar refractivity (Wildman–Crippen MR) is 66.5 cm³/mol. The van der Waals surface area contributed by atoms with Crippen LogP contribution in [0.1, 0.15) is 18.4 Å². The molecule has 2 nitrogen and oxygen atoms in total. The number of nitrogens with one attached hydrogen (secondary N) is 1. The van der Waals surface area contributed by atoms with Gasteiger partial charge in [-0.1, -0.05) is 12.1 Å². The highest BCUT2D eigenvalue weighted by Crippen LogP contribution is 2.18. The Bertz CT molecular complexity index is 466. The maximum Gasteiger partial charge on any atom is 0.0463 e. The molecular weight excluding hydrogens is 196 g/mol. The Hall–Kier alpha value is -1.28. The molecule has 0 amide bonds. The molecule has 1 aromatic carbocycles. The number of fused-ring (bicyclic) bond motifs is 1. The highest BCUT2D eigenvalue weighted by molar-refractivity contribution is 5.82. The molecule has 0 unspecified atom stereocenters. The first-order valence-corrected chi connectivity index (χ1v) is 6.12. The van der Waals surface area contributed by atoms with Crippen LogP contribution in [0.4, 0.5) is 0 Å². The van der Waals surface area contributed by atoms with Crippen LogP contribution in [0.15, 0.2) is 24.4 Å². The van der Waals surface area contributed by atoms with E-state index in [9.17, 15) is 0 Å². The number of aromatic nitrogens is 1. The number of hydrogen-bond acceptors (Lipinski definition) is 1. The van der Waals surface area contributed by atoms with E-state index < -0.39 is 0 Å². The minimum atomic E-state index is 1.14. The number of rotatable bonds is 3. The van der Waals surface area contributed by atoms with Crippen LogP contribution in [0.3, 0.4) is 0 Å². The zero-order valence-electron chi connectivity index (χ0n) is 9.50. The standard InChI is InChI=1S/C14H17N2/c1-2-6-14-13(5-1)12(11-15-14)7-10-16-8-3-4-9-16/h1-2,6,11,15H,3-4,7-10H2. The van der Waals surface area contributed by atoms with E-state index in [1.54, 1.807) is 0 Å². The summed E-state index contributed by atoms with van der Waals surface area (Å²) >= 11 is 0. The Morgan fingerprint density at radius 1 is 1.31 bits per heavy atom. The summed E-state index contributed by atoms with van der Waals surface area (Å²) < 4.78 is 0. The summed E-state index contributed by atoms with van der Waals surface area (Å²) in [6.07, 6.45) is 6.03. The van der Waals surface area contributed by atoms with E-state index in [1.165, 1.54) is 48.9 Å². The van der Waals surface area contributed by atoms with E-state index in [-0.39, 0.29) is 0 Å². The van der Waals surface area contributed by atoms with Crippen molar-refractivity contribution in [3.63, 3.8) is 0 Å². The van der Waals surface area contributed by atoms with E-state index in [0.717, 1.165) is 6.42 Å². The largest absolute Gasteiger partial charge is 0.361 e. The second-order valence-corrected chi connectivity index (χ2v) is 4.57. The molecule has 1 aromatic heterocycles. The molecule has 83 valence electrons. The molecular formula is C14H17N2. The third-order valence-electron chi connectivity index (χ3n) is 3.48. The van der Waals surface area contributed by atoms with Crippen LogP contribution in [0.2, 0.25) is 0 Å². The van der Waals surface area contributed by atoms with Crippen molar-refractivity contribution in [3.05, 3.63) is 36.0 Å². The zero-order valence-corrected chi connectivity index (χ0v) is 9.50. The Morgan fingerprint density at radius 2 is 2.19 bits per heavy atom. The van der Waals surface area contributed by atoms with Crippen molar-refractivity contribution in [2.45, 2.75) is 19.3 Å². The van der Waals surface area contributed by atoms with Gasteiger partial charge in [0.05, 0.1) is 0 Å². The van der Waals surface area contributed by atoms with Crippen LogP contribution in [-0.2, 0) is 6.42 Å². The van der Waals surface area contributed by atoms with Gasteiger partial charge >= 0.3 is 0 Å². The number of H-pyrrole nitrogens is 1. The maximum atomic E-state index is 3.33. The molecule has 0 atom stereocenters. The molecule has 0 spiro atoms. The van der Waals surface area contributed by atoms with Gasteiger partial charge in [0.15, 0.2) is 0 Å². The van der Waals surface area contributed by atoms with Crippen molar-refractivity contribution >= 4 is 10.9 Å². The molecule has 3 rings (SSSR count). The molecule has 1 saturated heterocycles. The quantitative estimate of drug-likeness (QED) is 0.830. The first-order valence-electron chi connectivity index (χ1n) is 6.12. The summed E-state index contributed by atoms with van der Waals surface area (Å²) in [5.41, 5.74) is 2.61. The SMILES string of the molecule is [c]1cccc2[nH]cc(CCN3CCCC3)c12. The van der Waals surface area contributed by atoms with Gasteiger partial charge in [-0.05, 0) is 50.0 Å². The summed E-state index contributed by atoms with van der Waals surface area (Å²) in [5, 5.41) is 1.27. The molecule has 1 N–H and O–H groups in total. The minimum Gasteiger partial charge on any atom is -0.361 e. The predicted octanol–water partition coefficient (Wildman–Crippen LogP) is 2.61. The number of aromatic amines is 1. The van der Waals surface area contributed by atoms with E-state index >= 15 is 0 Å². The molecule has 2 aromatic rings. The van der Waals surface area contributed by atoms with Gasteiger partial charge in [0.1, 0.15) is 0 Å². The number of nitrogens with zero attached hydrogens (tertiary/aromatic N) is 1. The van der Waals surface area contributed by atoms with Crippen molar-refractivity contribution in [1.82, 2.24) is 9.88 Å². The Morgan fingerprint density at radius 3 is 3.06 bits per heavy atom. The first kappa shape index (κ1) is 9.91. The summed E-state index contributed by atoms with van der Waals surface area (Å²) in [5.74, 6) is 0. The third-order valence-corrected chi connectivity index (χ3v) is 3.48. The van der Waals surface area contributed by atoms with Gasteiger partial charge in [0.2, 0.25) is 0 Å². The monoisotopic (exact) mass is 213 g/mol. The second kappa shape index (κ2) is 4.30. The van der Waals surface area contributed by atoms with Crippen LogP contribution >= 0.6 is 0 Å². The summed E-state index contributed by atoms with van der Waals surface area (Å²) in [4.78, 5) is 5.87. The van der Waals surface area contributed by atoms with Gasteiger partial charge < -0.3 is 9.88 Å². The van der Waals surface area contributed by atoms with Crippen molar-refractivity contribution in [3.8, 4) is 0 Å². The average Bonchev–Trinajstić information content (AvgIpc) is 2.96. The van der Waals surface area contributed by atoms with Gasteiger partial charge in [-0.15, -0.1) is 0 Å². The van der Waals surface area contributed by atoms with Crippen molar-refractivity contribution in [2.75, 3.05) is 19.6 Å². The highest BCUT2D eigenvalue weighted by Gasteiger charge is 2.11. The number of hydrogen-bond donors (Lipinski definition) is 1. The van der Waals surface area contributed by atoms with Crippen LogP contribution in [0, 0.1) is 6.07 Å². The van der Waals surface area contributed by atoms with Gasteiger partial charge in [0.25, 0.3) is 0 Å². The van der Waals surface area contributed by atoms with Gasteiger partial charge in [-0.3, -0.25) is 0 Å². The van der Waals surface area contributed by atoms with Crippen molar-refractivity contribution < 1.29 is 0 Å². The van der Waals surface area contributed by atoms with E-state index in [0.29, 0.717) is 0 Å². The van der Waals surface area contributed by atoms with Crippen LogP contribution in [-0.4, -0.2) is 29.5 Å². The summed E-state index contributed by atoms with van der Waals surface area (Å²) in [7, 11) is 0. The lowest BCUT2D eigenvalue weighted by atomic mass is 10.1. The molecule has 2 heterocycles. The average molecular weight is 213 g/mol. The van der Waals surface area contributed by atoms with E-state index in [1.807, 2.05) is 12.1 Å². The second-order valence-electron chi connectivity index (χ2n) is 4.57. The molecule has 16 heavy (non-hydrogen) atoms. The highest BCUT2D eigenvalue weighted by atomic mass is 15.1. The summed E-state index contributed by atoms with van der Waals surface area (Å²) in [6, 6.07) is 9.47. The van der Waals surface area contributed by atoms with Crippen molar-refractivity contribution in [2.24, 2.45) is 0 Å². The lowest BCUT2D eigenvalue weighted by Crippen LogP contribution is -2.21. The van der Waals surface area contributed by atoms with E-state index in [4.69, 9.17) is 0 Å². The molecule has 0 aliphatic carbocycles. The molecule has 0 bridgehead atoms. The fourth-order valence-corrected chi connectivity index (χ4v) is 2.54. The molecule has 1 aliphatic heterocycles. The van der Waals surface area contributed by atoms with Crippen LogP contribution in [0.25, 0.3) is 10.9 Å². The molecule has 0 saturated carbocycles. The lowest BCUT2D eigenvalue weighted by Gasteiger charge is -2.13. The normalized spacial score (nSPS) is 17.2. The smallest absolute Gasteiger partial charge is 0.0463 e. The molecule has 1 aliphatic rings. The topological polar surface area (TPSA) is 19.0 Å². The Kier molecular flexibility index (Phi) is 2.66. The fourth-order valence-electron chi connectivity index (χ4n) is 2.54. The van der Waals surface area contributed by atoms with Crippen LogP contribution < -0.4 is 0 Å². The molecule has 1 radical (unpaired) electrons. The minimum absolute atomic E-state index is 1.14. The fraction of sp³-hybridized carbons (Fsp3) is 0.429. The summed E-state index contributed by atoms with van der Waals surface area (Å²) in [6.45, 7) is 3.76. The molecule has 1 fully saturated rings. The van der Waals surface area contributed by atoms with Gasteiger partial charge in [-0.2, -0.15) is 0 Å². The zero-order chi connectivity index (χ0) is 10.8. The third kappa shape index (κ3) is 1.85. The Balaban J connectivity index is 1.73. The maximum absolute atomic E-state index is 3.33. The first-order chi connectivity index (χ1) is 7.93. The van der Waals surface area contributed by atoms with E-state index in [2.05, 4.69) is 28.2 Å². The molecule has 2 heteroatoms. The number of likely N-dealkylation sites (tertiary alicyclic amines) is 1. The van der Waals surface area contributed by atoms with Gasteiger partial charge in [-0.25, -0.2) is 0 Å². The number of benzene rings is 1. The van der Waals surface area contributed by atoms with Crippen LogP contribution in [0.5, 0.6) is 0 Å². The van der Waals surface area contributed by atoms with Crippen molar-refractivity contribution in [1.29, 1.82) is 0 Å². The van der Waals surface area contributed by atoms with Gasteiger partial charge in [0, 0.05) is 23.6 Å². The Labute approximate surface area is 96.3 Å².